The summed E-state index contributed by atoms with van der Waals surface area (Å²) in [6.07, 6.45) is 0.791. The Kier molecular flexibility index (Phi) is 4.80. The van der Waals surface area contributed by atoms with Crippen LogP contribution in [-0.4, -0.2) is 35.3 Å². The van der Waals surface area contributed by atoms with E-state index in [-0.39, 0.29) is 12.2 Å². The van der Waals surface area contributed by atoms with Gasteiger partial charge in [0.25, 0.3) is 0 Å². The van der Waals surface area contributed by atoms with Crippen molar-refractivity contribution in [3.63, 3.8) is 0 Å². The molecular weight excluding hydrogens is 242 g/mol. The van der Waals surface area contributed by atoms with Gasteiger partial charge in [-0.05, 0) is 24.3 Å². The summed E-state index contributed by atoms with van der Waals surface area (Å²) in [4.78, 5) is 13.7. The molecule has 1 aromatic rings. The van der Waals surface area contributed by atoms with Crippen LogP contribution >= 0.6 is 0 Å². The highest BCUT2D eigenvalue weighted by molar-refractivity contribution is 5.67. The van der Waals surface area contributed by atoms with Crippen molar-refractivity contribution in [1.29, 1.82) is 0 Å². The Morgan fingerprint density at radius 1 is 1.42 bits per heavy atom. The van der Waals surface area contributed by atoms with Crippen LogP contribution in [0.3, 0.4) is 0 Å². The molecule has 0 saturated carbocycles. The lowest BCUT2D eigenvalue weighted by Gasteiger charge is -2.21. The maximum Gasteiger partial charge on any atom is 0.410 e. The number of aliphatic hydroxyl groups excluding tert-OH is 1. The molecule has 1 aromatic carbocycles. The van der Waals surface area contributed by atoms with Crippen molar-refractivity contribution in [1.82, 2.24) is 4.90 Å². The van der Waals surface area contributed by atoms with E-state index in [2.05, 4.69) is 0 Å². The van der Waals surface area contributed by atoms with Crippen molar-refractivity contribution < 1.29 is 14.6 Å². The normalized spacial score (nSPS) is 23.8. The van der Waals surface area contributed by atoms with Crippen LogP contribution in [0.5, 0.6) is 0 Å². The van der Waals surface area contributed by atoms with Gasteiger partial charge in [-0.3, -0.25) is 0 Å². The highest BCUT2D eigenvalue weighted by Crippen LogP contribution is 2.17. The van der Waals surface area contributed by atoms with Crippen molar-refractivity contribution in [3.05, 3.63) is 35.9 Å². The predicted octanol–water partition coefficient (Wildman–Crippen LogP) is 2.42. The first kappa shape index (κ1) is 13.9. The second-order valence-electron chi connectivity index (χ2n) is 5.27. The molecule has 104 valence electrons. The minimum Gasteiger partial charge on any atom is -0.445 e. The fourth-order valence-electron chi connectivity index (χ4n) is 2.41. The number of likely N-dealkylation sites (tertiary alicyclic amines) is 1. The Labute approximate surface area is 114 Å². The Hall–Kier alpha value is -1.55. The minimum atomic E-state index is -0.304. The molecule has 0 spiro atoms. The third-order valence-electron chi connectivity index (χ3n) is 3.40. The second-order valence-corrected chi connectivity index (χ2v) is 5.27. The second kappa shape index (κ2) is 6.57. The number of carbonyl (C=O) groups excluding carboxylic acids is 1. The number of nitrogens with zero attached hydrogens (tertiary/aromatic N) is 1. The summed E-state index contributed by atoms with van der Waals surface area (Å²) in [5.41, 5.74) is 0.985. The Bertz CT molecular complexity index is 407. The quantitative estimate of drug-likeness (QED) is 0.891. The van der Waals surface area contributed by atoms with Gasteiger partial charge in [0.2, 0.25) is 0 Å². The molecule has 0 radical (unpaired) electrons. The lowest BCUT2D eigenvalue weighted by Crippen LogP contribution is -2.34. The molecule has 0 bridgehead atoms. The molecule has 0 aliphatic carbocycles. The highest BCUT2D eigenvalue weighted by atomic mass is 16.6. The standard InChI is InChI=1S/C15H21NO3/c1-12-9-14(17)7-8-16(10-12)15(18)19-11-13-5-3-2-4-6-13/h2-6,12,14,17H,7-11H2,1H3. The number of carbonyl (C=O) groups is 1. The zero-order chi connectivity index (χ0) is 13.7. The van der Waals surface area contributed by atoms with E-state index in [9.17, 15) is 9.90 Å². The number of hydrogen-bond acceptors (Lipinski definition) is 3. The topological polar surface area (TPSA) is 49.8 Å². The third kappa shape index (κ3) is 4.24. The SMILES string of the molecule is CC1CC(O)CCN(C(=O)OCc2ccccc2)C1. The van der Waals surface area contributed by atoms with Crippen LogP contribution in [0.2, 0.25) is 0 Å². The van der Waals surface area contributed by atoms with Crippen LogP contribution in [0.4, 0.5) is 4.79 Å². The number of rotatable bonds is 2. The van der Waals surface area contributed by atoms with E-state index in [1.807, 2.05) is 37.3 Å². The van der Waals surface area contributed by atoms with Gasteiger partial charge in [-0.25, -0.2) is 4.79 Å². The van der Waals surface area contributed by atoms with Crippen molar-refractivity contribution in [2.75, 3.05) is 13.1 Å². The predicted molar refractivity (Wildman–Crippen MR) is 72.6 cm³/mol. The molecule has 1 aliphatic heterocycles. The van der Waals surface area contributed by atoms with E-state index in [1.165, 1.54) is 0 Å². The van der Waals surface area contributed by atoms with Gasteiger partial charge in [-0.2, -0.15) is 0 Å². The average molecular weight is 263 g/mol. The zero-order valence-corrected chi connectivity index (χ0v) is 11.3. The summed E-state index contributed by atoms with van der Waals surface area (Å²) in [6, 6.07) is 9.65. The van der Waals surface area contributed by atoms with Crippen molar-refractivity contribution >= 4 is 6.09 Å². The molecule has 1 aliphatic rings. The molecule has 19 heavy (non-hydrogen) atoms. The molecule has 1 N–H and O–H groups in total. The lowest BCUT2D eigenvalue weighted by atomic mass is 10.0. The van der Waals surface area contributed by atoms with Crippen LogP contribution in [0.25, 0.3) is 0 Å². The molecule has 1 fully saturated rings. The summed E-state index contributed by atoms with van der Waals surface area (Å²) in [5.74, 6) is 0.307. The van der Waals surface area contributed by atoms with E-state index >= 15 is 0 Å². The molecule has 4 nitrogen and oxygen atoms in total. The number of hydrogen-bond donors (Lipinski definition) is 1. The van der Waals surface area contributed by atoms with Gasteiger partial charge in [0, 0.05) is 13.1 Å². The monoisotopic (exact) mass is 263 g/mol. The summed E-state index contributed by atoms with van der Waals surface area (Å²) in [5, 5.41) is 9.69. The van der Waals surface area contributed by atoms with Crippen molar-refractivity contribution in [2.45, 2.75) is 32.5 Å². The summed E-state index contributed by atoms with van der Waals surface area (Å²) >= 11 is 0. The van der Waals surface area contributed by atoms with E-state index < -0.39 is 0 Å². The molecular formula is C15H21NO3. The molecule has 1 saturated heterocycles. The average Bonchev–Trinajstić information content (AvgIpc) is 2.58. The summed E-state index contributed by atoms with van der Waals surface area (Å²) in [7, 11) is 0. The van der Waals surface area contributed by atoms with Crippen LogP contribution in [0.1, 0.15) is 25.3 Å². The summed E-state index contributed by atoms with van der Waals surface area (Å²) < 4.78 is 5.31. The van der Waals surface area contributed by atoms with Gasteiger partial charge in [0.15, 0.2) is 0 Å². The largest absolute Gasteiger partial charge is 0.445 e. The van der Waals surface area contributed by atoms with Gasteiger partial charge >= 0.3 is 6.09 Å². The molecule has 4 heteroatoms. The van der Waals surface area contributed by atoms with E-state index in [0.29, 0.717) is 32.0 Å². The molecule has 2 rings (SSSR count). The number of amides is 1. The fraction of sp³-hybridized carbons (Fsp3) is 0.533. The van der Waals surface area contributed by atoms with Crippen LogP contribution < -0.4 is 0 Å². The van der Waals surface area contributed by atoms with Gasteiger partial charge < -0.3 is 14.7 Å². The van der Waals surface area contributed by atoms with Gasteiger partial charge in [-0.15, -0.1) is 0 Å². The third-order valence-corrected chi connectivity index (χ3v) is 3.40. The van der Waals surface area contributed by atoms with E-state index in [1.54, 1.807) is 4.90 Å². The van der Waals surface area contributed by atoms with Crippen LogP contribution in [-0.2, 0) is 11.3 Å². The van der Waals surface area contributed by atoms with Gasteiger partial charge in [0.1, 0.15) is 6.61 Å². The Balaban J connectivity index is 1.85. The lowest BCUT2D eigenvalue weighted by molar-refractivity contribution is 0.0930. The smallest absolute Gasteiger partial charge is 0.410 e. The zero-order valence-electron chi connectivity index (χ0n) is 11.3. The number of aliphatic hydroxyl groups is 1. The maximum absolute atomic E-state index is 12.0. The fourth-order valence-corrected chi connectivity index (χ4v) is 2.41. The van der Waals surface area contributed by atoms with Gasteiger partial charge in [0.05, 0.1) is 6.10 Å². The van der Waals surface area contributed by atoms with Crippen LogP contribution in [0, 0.1) is 5.92 Å². The summed E-state index contributed by atoms with van der Waals surface area (Å²) in [6.45, 7) is 3.57. The molecule has 0 aromatic heterocycles. The molecule has 2 unspecified atom stereocenters. The maximum atomic E-state index is 12.0. The minimum absolute atomic E-state index is 0.287. The van der Waals surface area contributed by atoms with Crippen molar-refractivity contribution in [2.24, 2.45) is 5.92 Å². The van der Waals surface area contributed by atoms with Crippen molar-refractivity contribution in [3.8, 4) is 0 Å². The molecule has 1 amide bonds. The Morgan fingerprint density at radius 3 is 2.89 bits per heavy atom. The van der Waals surface area contributed by atoms with Gasteiger partial charge in [-0.1, -0.05) is 37.3 Å². The molecule has 1 heterocycles. The number of benzene rings is 1. The highest BCUT2D eigenvalue weighted by Gasteiger charge is 2.24. The first-order valence-corrected chi connectivity index (χ1v) is 6.79. The van der Waals surface area contributed by atoms with E-state index in [4.69, 9.17) is 4.74 Å². The van der Waals surface area contributed by atoms with Crippen LogP contribution in [0.15, 0.2) is 30.3 Å². The Morgan fingerprint density at radius 2 is 2.16 bits per heavy atom. The first-order chi connectivity index (χ1) is 9.15. The van der Waals surface area contributed by atoms with E-state index in [0.717, 1.165) is 12.0 Å². The first-order valence-electron chi connectivity index (χ1n) is 6.79. The number of ether oxygens (including phenoxy) is 1. The molecule has 2 atom stereocenters.